The molecular weight excluding hydrogens is 266 g/mol. The number of halogens is 1. The van der Waals surface area contributed by atoms with Gasteiger partial charge in [-0.3, -0.25) is 0 Å². The predicted octanol–water partition coefficient (Wildman–Crippen LogP) is 2.82. The number of rotatable bonds is 2. The number of hydrogen-bond acceptors (Lipinski definition) is 3. The first-order chi connectivity index (χ1) is 6.42. The highest BCUT2D eigenvalue weighted by molar-refractivity contribution is 9.10. The van der Waals surface area contributed by atoms with Crippen molar-refractivity contribution in [1.29, 1.82) is 0 Å². The van der Waals surface area contributed by atoms with Gasteiger partial charge in [0.05, 0.1) is 17.3 Å². The molecule has 1 rings (SSSR count). The van der Waals surface area contributed by atoms with Gasteiger partial charge in [-0.2, -0.15) is 4.36 Å². The Bertz CT molecular complexity index is 442. The molecule has 1 aromatic carbocycles. The Hall–Kier alpha value is -0.550. The lowest BCUT2D eigenvalue weighted by Gasteiger charge is -2.03. The molecule has 78 valence electrons. The minimum Gasteiger partial charge on any atom is -0.495 e. The highest BCUT2D eigenvalue weighted by atomic mass is 79.9. The third-order valence-corrected chi connectivity index (χ3v) is 2.77. The summed E-state index contributed by atoms with van der Waals surface area (Å²) in [5, 5.41) is 0. The second-order valence-electron chi connectivity index (χ2n) is 3.09. The molecule has 0 unspecified atom stereocenters. The standard InChI is InChI=1S/C9H12BrNO2S/c1-13-9-6-7(4-5-8(9)10)11-14(2,3)12/h4-6H,1-3H3. The van der Waals surface area contributed by atoms with Crippen LogP contribution in [0.25, 0.3) is 0 Å². The summed E-state index contributed by atoms with van der Waals surface area (Å²) >= 11 is 3.33. The van der Waals surface area contributed by atoms with Crippen LogP contribution in [-0.2, 0) is 9.73 Å². The Morgan fingerprint density at radius 3 is 2.57 bits per heavy atom. The topological polar surface area (TPSA) is 38.7 Å². The van der Waals surface area contributed by atoms with Gasteiger partial charge in [0.2, 0.25) is 0 Å². The van der Waals surface area contributed by atoms with E-state index in [9.17, 15) is 4.21 Å². The molecule has 0 fully saturated rings. The molecule has 0 aliphatic heterocycles. The molecule has 0 N–H and O–H groups in total. The lowest BCUT2D eigenvalue weighted by molar-refractivity contribution is 0.412. The molecule has 0 atom stereocenters. The van der Waals surface area contributed by atoms with Gasteiger partial charge in [0.15, 0.2) is 0 Å². The summed E-state index contributed by atoms with van der Waals surface area (Å²) < 4.78 is 21.4. The molecule has 0 radical (unpaired) electrons. The molecular formula is C9H12BrNO2S. The van der Waals surface area contributed by atoms with E-state index in [2.05, 4.69) is 20.3 Å². The molecule has 0 saturated carbocycles. The monoisotopic (exact) mass is 277 g/mol. The van der Waals surface area contributed by atoms with Crippen LogP contribution >= 0.6 is 15.9 Å². The van der Waals surface area contributed by atoms with E-state index in [0.29, 0.717) is 11.4 Å². The maximum Gasteiger partial charge on any atom is 0.135 e. The average molecular weight is 278 g/mol. The fraction of sp³-hybridized carbons (Fsp3) is 0.333. The highest BCUT2D eigenvalue weighted by Crippen LogP contribution is 2.29. The molecule has 0 saturated heterocycles. The summed E-state index contributed by atoms with van der Waals surface area (Å²) in [5.74, 6) is 0.690. The first-order valence-electron chi connectivity index (χ1n) is 3.93. The number of benzene rings is 1. The van der Waals surface area contributed by atoms with Crippen molar-refractivity contribution in [2.24, 2.45) is 4.36 Å². The van der Waals surface area contributed by atoms with Gasteiger partial charge < -0.3 is 4.74 Å². The van der Waals surface area contributed by atoms with E-state index in [0.717, 1.165) is 4.47 Å². The third kappa shape index (κ3) is 3.31. The molecule has 0 spiro atoms. The first-order valence-corrected chi connectivity index (χ1v) is 7.05. The summed E-state index contributed by atoms with van der Waals surface area (Å²) in [6.07, 6.45) is 3.20. The molecule has 5 heteroatoms. The fourth-order valence-corrected chi connectivity index (χ4v) is 1.99. The summed E-state index contributed by atoms with van der Waals surface area (Å²) in [7, 11) is -0.528. The molecule has 0 amide bonds. The zero-order valence-corrected chi connectivity index (χ0v) is 10.7. The molecule has 0 bridgehead atoms. The van der Waals surface area contributed by atoms with Gasteiger partial charge in [-0.05, 0) is 28.1 Å². The summed E-state index contributed by atoms with van der Waals surface area (Å²) in [5.41, 5.74) is 0.667. The lowest BCUT2D eigenvalue weighted by Crippen LogP contribution is -1.89. The zero-order valence-electron chi connectivity index (χ0n) is 8.28. The number of nitrogens with zero attached hydrogens (tertiary/aromatic N) is 1. The highest BCUT2D eigenvalue weighted by Gasteiger charge is 2.01. The number of hydrogen-bond donors (Lipinski definition) is 0. The van der Waals surface area contributed by atoms with Crippen LogP contribution in [0.1, 0.15) is 0 Å². The number of methoxy groups -OCH3 is 1. The molecule has 1 aromatic rings. The molecule has 0 aliphatic rings. The van der Waals surface area contributed by atoms with Crippen molar-refractivity contribution in [3.05, 3.63) is 22.7 Å². The van der Waals surface area contributed by atoms with E-state index in [4.69, 9.17) is 4.74 Å². The van der Waals surface area contributed by atoms with Crippen LogP contribution in [0.4, 0.5) is 5.69 Å². The van der Waals surface area contributed by atoms with Gasteiger partial charge in [0.25, 0.3) is 0 Å². The van der Waals surface area contributed by atoms with Crippen LogP contribution in [0.5, 0.6) is 5.75 Å². The largest absolute Gasteiger partial charge is 0.495 e. The van der Waals surface area contributed by atoms with Gasteiger partial charge in [-0.25, -0.2) is 4.21 Å². The van der Waals surface area contributed by atoms with Gasteiger partial charge >= 0.3 is 0 Å². The summed E-state index contributed by atoms with van der Waals surface area (Å²) in [6, 6.07) is 5.36. The molecule has 0 heterocycles. The maximum absolute atomic E-state index is 11.4. The van der Waals surface area contributed by atoms with Crippen molar-refractivity contribution in [3.8, 4) is 5.75 Å². The van der Waals surface area contributed by atoms with Crippen molar-refractivity contribution >= 4 is 31.3 Å². The van der Waals surface area contributed by atoms with Crippen molar-refractivity contribution in [2.45, 2.75) is 0 Å². The van der Waals surface area contributed by atoms with Crippen molar-refractivity contribution in [3.63, 3.8) is 0 Å². The van der Waals surface area contributed by atoms with Crippen LogP contribution in [-0.4, -0.2) is 23.8 Å². The Balaban J connectivity index is 3.21. The molecule has 0 aromatic heterocycles. The Morgan fingerprint density at radius 1 is 1.43 bits per heavy atom. The van der Waals surface area contributed by atoms with E-state index in [-0.39, 0.29) is 0 Å². The van der Waals surface area contributed by atoms with Crippen LogP contribution in [0, 0.1) is 0 Å². The van der Waals surface area contributed by atoms with Gasteiger partial charge in [0, 0.05) is 28.3 Å². The van der Waals surface area contributed by atoms with E-state index in [1.54, 1.807) is 31.8 Å². The van der Waals surface area contributed by atoms with Crippen LogP contribution in [0.15, 0.2) is 27.0 Å². The van der Waals surface area contributed by atoms with Crippen molar-refractivity contribution in [1.82, 2.24) is 0 Å². The number of ether oxygens (including phenoxy) is 1. The maximum atomic E-state index is 11.4. The van der Waals surface area contributed by atoms with E-state index in [1.807, 2.05) is 6.07 Å². The minimum atomic E-state index is -2.11. The normalized spacial score (nSPS) is 11.1. The van der Waals surface area contributed by atoms with Gasteiger partial charge in [0.1, 0.15) is 5.75 Å². The summed E-state index contributed by atoms with van der Waals surface area (Å²) in [4.78, 5) is 0. The van der Waals surface area contributed by atoms with E-state index < -0.39 is 9.73 Å². The van der Waals surface area contributed by atoms with Gasteiger partial charge in [-0.1, -0.05) is 0 Å². The van der Waals surface area contributed by atoms with E-state index >= 15 is 0 Å². The second-order valence-corrected chi connectivity index (χ2v) is 6.49. The molecule has 3 nitrogen and oxygen atoms in total. The fourth-order valence-electron chi connectivity index (χ4n) is 0.959. The van der Waals surface area contributed by atoms with Gasteiger partial charge in [-0.15, -0.1) is 0 Å². The zero-order chi connectivity index (χ0) is 10.8. The lowest BCUT2D eigenvalue weighted by atomic mass is 10.3. The van der Waals surface area contributed by atoms with Crippen LogP contribution in [0.3, 0.4) is 0 Å². The predicted molar refractivity (Wildman–Crippen MR) is 62.8 cm³/mol. The average Bonchev–Trinajstić information content (AvgIpc) is 2.06. The summed E-state index contributed by atoms with van der Waals surface area (Å²) in [6.45, 7) is 0. The quantitative estimate of drug-likeness (QED) is 0.834. The van der Waals surface area contributed by atoms with Crippen LogP contribution < -0.4 is 4.74 Å². The van der Waals surface area contributed by atoms with E-state index in [1.165, 1.54) is 0 Å². The Labute approximate surface area is 92.8 Å². The Morgan fingerprint density at radius 2 is 2.07 bits per heavy atom. The minimum absolute atomic E-state index is 0.667. The Kier molecular flexibility index (Phi) is 3.55. The molecule has 0 aliphatic carbocycles. The van der Waals surface area contributed by atoms with Crippen molar-refractivity contribution < 1.29 is 8.95 Å². The van der Waals surface area contributed by atoms with Crippen LogP contribution in [0.2, 0.25) is 0 Å². The second kappa shape index (κ2) is 4.31. The molecule has 14 heavy (non-hydrogen) atoms. The third-order valence-electron chi connectivity index (χ3n) is 1.46. The smallest absolute Gasteiger partial charge is 0.135 e. The van der Waals surface area contributed by atoms with Crippen molar-refractivity contribution in [2.75, 3.05) is 19.6 Å². The SMILES string of the molecule is COc1cc(N=S(C)(C)=O)ccc1Br. The first kappa shape index (κ1) is 11.5.